The summed E-state index contributed by atoms with van der Waals surface area (Å²) in [5.41, 5.74) is 2.74. The molecule has 3 heteroatoms. The smallest absolute Gasteiger partial charge is 0.0682 e. The minimum absolute atomic E-state index is 0.286. The van der Waals surface area contributed by atoms with Crippen LogP contribution in [0.15, 0.2) is 34.8 Å². The SMILES string of the molecule is CCCNC(c1ccc(CC)cc1)c1sc(C)cc1Br. The van der Waals surface area contributed by atoms with Gasteiger partial charge in [0.25, 0.3) is 0 Å². The number of hydrogen-bond acceptors (Lipinski definition) is 2. The fourth-order valence-electron chi connectivity index (χ4n) is 2.29. The second-order valence-electron chi connectivity index (χ2n) is 5.05. The number of hydrogen-bond donors (Lipinski definition) is 1. The van der Waals surface area contributed by atoms with Gasteiger partial charge in [-0.05, 0) is 59.4 Å². The van der Waals surface area contributed by atoms with E-state index in [1.54, 1.807) is 0 Å². The summed E-state index contributed by atoms with van der Waals surface area (Å²) in [7, 11) is 0. The fraction of sp³-hybridized carbons (Fsp3) is 0.412. The predicted molar refractivity (Wildman–Crippen MR) is 92.7 cm³/mol. The Balaban J connectivity index is 2.33. The summed E-state index contributed by atoms with van der Waals surface area (Å²) in [5, 5.41) is 3.67. The number of thiophene rings is 1. The van der Waals surface area contributed by atoms with Gasteiger partial charge in [-0.3, -0.25) is 0 Å². The van der Waals surface area contributed by atoms with Crippen molar-refractivity contribution in [2.24, 2.45) is 0 Å². The van der Waals surface area contributed by atoms with Crippen molar-refractivity contribution in [1.29, 1.82) is 0 Å². The van der Waals surface area contributed by atoms with Crippen molar-refractivity contribution in [3.8, 4) is 0 Å². The lowest BCUT2D eigenvalue weighted by Crippen LogP contribution is -2.22. The Morgan fingerprint density at radius 1 is 1.20 bits per heavy atom. The van der Waals surface area contributed by atoms with Gasteiger partial charge in [0.2, 0.25) is 0 Å². The molecule has 20 heavy (non-hydrogen) atoms. The van der Waals surface area contributed by atoms with Gasteiger partial charge in [-0.25, -0.2) is 0 Å². The predicted octanol–water partition coefficient (Wildman–Crippen LogP) is 5.47. The van der Waals surface area contributed by atoms with Crippen LogP contribution in [0.3, 0.4) is 0 Å². The van der Waals surface area contributed by atoms with E-state index in [2.05, 4.69) is 72.3 Å². The average molecular weight is 352 g/mol. The van der Waals surface area contributed by atoms with Crippen LogP contribution >= 0.6 is 27.3 Å². The number of halogens is 1. The van der Waals surface area contributed by atoms with Crippen molar-refractivity contribution in [3.05, 3.63) is 55.7 Å². The molecule has 1 aromatic carbocycles. The zero-order chi connectivity index (χ0) is 14.5. The standard InChI is InChI=1S/C17H22BrNS/c1-4-10-19-16(17-15(18)11-12(3)20-17)14-8-6-13(5-2)7-9-14/h6-9,11,16,19H,4-5,10H2,1-3H3. The molecule has 0 aliphatic rings. The van der Waals surface area contributed by atoms with Crippen LogP contribution in [0.25, 0.3) is 0 Å². The maximum Gasteiger partial charge on any atom is 0.0682 e. The van der Waals surface area contributed by atoms with Gasteiger partial charge in [0, 0.05) is 14.2 Å². The van der Waals surface area contributed by atoms with Crippen LogP contribution < -0.4 is 5.32 Å². The largest absolute Gasteiger partial charge is 0.306 e. The summed E-state index contributed by atoms with van der Waals surface area (Å²) in [6, 6.07) is 11.5. The number of rotatable bonds is 6. The van der Waals surface area contributed by atoms with E-state index in [0.717, 1.165) is 19.4 Å². The van der Waals surface area contributed by atoms with Crippen molar-refractivity contribution in [2.45, 2.75) is 39.7 Å². The molecule has 1 aromatic heterocycles. The first-order valence-corrected chi connectivity index (χ1v) is 8.84. The van der Waals surface area contributed by atoms with Crippen molar-refractivity contribution >= 4 is 27.3 Å². The molecule has 0 radical (unpaired) electrons. The van der Waals surface area contributed by atoms with Gasteiger partial charge in [0.05, 0.1) is 6.04 Å². The summed E-state index contributed by atoms with van der Waals surface area (Å²) in [4.78, 5) is 2.72. The molecule has 1 nitrogen and oxygen atoms in total. The van der Waals surface area contributed by atoms with Crippen LogP contribution in [0.1, 0.15) is 47.2 Å². The molecule has 1 unspecified atom stereocenters. The van der Waals surface area contributed by atoms with E-state index in [9.17, 15) is 0 Å². The van der Waals surface area contributed by atoms with E-state index >= 15 is 0 Å². The first-order chi connectivity index (χ1) is 9.65. The van der Waals surface area contributed by atoms with E-state index in [4.69, 9.17) is 0 Å². The molecule has 2 aromatic rings. The molecular weight excluding hydrogens is 330 g/mol. The second kappa shape index (κ2) is 7.39. The molecule has 1 atom stereocenters. The van der Waals surface area contributed by atoms with Crippen LogP contribution in [-0.2, 0) is 6.42 Å². The van der Waals surface area contributed by atoms with Crippen molar-refractivity contribution in [3.63, 3.8) is 0 Å². The summed E-state index contributed by atoms with van der Waals surface area (Å²) < 4.78 is 1.22. The Hall–Kier alpha value is -0.640. The van der Waals surface area contributed by atoms with E-state index in [1.807, 2.05) is 11.3 Å². The van der Waals surface area contributed by atoms with Gasteiger partial charge in [0.1, 0.15) is 0 Å². The van der Waals surface area contributed by atoms with Gasteiger partial charge in [-0.15, -0.1) is 11.3 Å². The molecule has 0 aliphatic carbocycles. The molecule has 0 saturated heterocycles. The highest BCUT2D eigenvalue weighted by Crippen LogP contribution is 2.35. The van der Waals surface area contributed by atoms with Crippen molar-refractivity contribution < 1.29 is 0 Å². The molecule has 0 fully saturated rings. The van der Waals surface area contributed by atoms with Crippen molar-refractivity contribution in [2.75, 3.05) is 6.54 Å². The molecule has 0 amide bonds. The quantitative estimate of drug-likeness (QED) is 0.727. The van der Waals surface area contributed by atoms with Crippen LogP contribution in [0, 0.1) is 6.92 Å². The highest BCUT2D eigenvalue weighted by Gasteiger charge is 2.18. The lowest BCUT2D eigenvalue weighted by molar-refractivity contribution is 0.604. The lowest BCUT2D eigenvalue weighted by Gasteiger charge is -2.19. The maximum atomic E-state index is 3.71. The number of benzene rings is 1. The van der Waals surface area contributed by atoms with Crippen LogP contribution in [-0.4, -0.2) is 6.54 Å². The third-order valence-corrected chi connectivity index (χ3v) is 5.45. The normalized spacial score (nSPS) is 12.6. The zero-order valence-corrected chi connectivity index (χ0v) is 14.8. The van der Waals surface area contributed by atoms with E-state index in [-0.39, 0.29) is 6.04 Å². The summed E-state index contributed by atoms with van der Waals surface area (Å²) in [5.74, 6) is 0. The molecule has 0 spiro atoms. The summed E-state index contributed by atoms with van der Waals surface area (Å²) >= 11 is 5.57. The Morgan fingerprint density at radius 2 is 1.90 bits per heavy atom. The highest BCUT2D eigenvalue weighted by molar-refractivity contribution is 9.10. The Kier molecular flexibility index (Phi) is 5.82. The van der Waals surface area contributed by atoms with Gasteiger partial charge >= 0.3 is 0 Å². The van der Waals surface area contributed by atoms with Crippen LogP contribution in [0.2, 0.25) is 0 Å². The molecule has 0 bridgehead atoms. The molecule has 1 heterocycles. The summed E-state index contributed by atoms with van der Waals surface area (Å²) in [6.45, 7) is 7.60. The average Bonchev–Trinajstić information content (AvgIpc) is 2.79. The van der Waals surface area contributed by atoms with Gasteiger partial charge in [0.15, 0.2) is 0 Å². The zero-order valence-electron chi connectivity index (χ0n) is 12.4. The molecule has 1 N–H and O–H groups in total. The monoisotopic (exact) mass is 351 g/mol. The molecular formula is C17H22BrNS. The number of nitrogens with one attached hydrogen (secondary N) is 1. The van der Waals surface area contributed by atoms with E-state index in [1.165, 1.54) is 25.4 Å². The Labute approximate surface area is 134 Å². The number of aryl methyl sites for hydroxylation is 2. The van der Waals surface area contributed by atoms with E-state index < -0.39 is 0 Å². The van der Waals surface area contributed by atoms with Gasteiger partial charge in [-0.1, -0.05) is 38.1 Å². The first-order valence-electron chi connectivity index (χ1n) is 7.23. The third-order valence-electron chi connectivity index (χ3n) is 3.42. The molecule has 108 valence electrons. The Bertz CT molecular complexity index is 545. The summed E-state index contributed by atoms with van der Waals surface area (Å²) in [6.07, 6.45) is 2.24. The van der Waals surface area contributed by atoms with Crippen molar-refractivity contribution in [1.82, 2.24) is 5.32 Å². The lowest BCUT2D eigenvalue weighted by atomic mass is 10.0. The Morgan fingerprint density at radius 3 is 2.40 bits per heavy atom. The molecule has 0 aliphatic heterocycles. The second-order valence-corrected chi connectivity index (χ2v) is 7.19. The highest BCUT2D eigenvalue weighted by atomic mass is 79.9. The minimum Gasteiger partial charge on any atom is -0.306 e. The van der Waals surface area contributed by atoms with Gasteiger partial charge in [-0.2, -0.15) is 0 Å². The van der Waals surface area contributed by atoms with Gasteiger partial charge < -0.3 is 5.32 Å². The third kappa shape index (κ3) is 3.72. The fourth-order valence-corrected chi connectivity index (χ4v) is 4.28. The first kappa shape index (κ1) is 15.7. The van der Waals surface area contributed by atoms with Crippen LogP contribution in [0.5, 0.6) is 0 Å². The van der Waals surface area contributed by atoms with E-state index in [0.29, 0.717) is 0 Å². The molecule has 2 rings (SSSR count). The topological polar surface area (TPSA) is 12.0 Å². The minimum atomic E-state index is 0.286. The molecule has 0 saturated carbocycles. The maximum absolute atomic E-state index is 3.71. The van der Waals surface area contributed by atoms with Crippen LogP contribution in [0.4, 0.5) is 0 Å².